The third-order valence-electron chi connectivity index (χ3n) is 8.55. The van der Waals surface area contributed by atoms with Crippen LogP contribution in [0.4, 0.5) is 10.2 Å². The van der Waals surface area contributed by atoms with Crippen LogP contribution in [0.15, 0.2) is 72.0 Å². The first kappa shape index (κ1) is 27.0. The van der Waals surface area contributed by atoms with Gasteiger partial charge < -0.3 is 14.9 Å². The lowest BCUT2D eigenvalue weighted by molar-refractivity contribution is -0.0299. The first-order valence-corrected chi connectivity index (χ1v) is 14.4. The molecule has 0 spiro atoms. The van der Waals surface area contributed by atoms with Crippen LogP contribution >= 0.6 is 0 Å². The van der Waals surface area contributed by atoms with Gasteiger partial charge in [0.15, 0.2) is 5.65 Å². The predicted octanol–water partition coefficient (Wildman–Crippen LogP) is 3.09. The second-order valence-electron chi connectivity index (χ2n) is 11.4. The Labute approximate surface area is 246 Å². The molecule has 5 aromatic rings. The van der Waals surface area contributed by atoms with Gasteiger partial charge in [0.25, 0.3) is 11.5 Å². The van der Waals surface area contributed by atoms with Crippen molar-refractivity contribution in [2.75, 3.05) is 31.6 Å². The summed E-state index contributed by atoms with van der Waals surface area (Å²) in [6.07, 6.45) is 6.43. The maximum absolute atomic E-state index is 13.3. The Hall–Kier alpha value is -4.84. The van der Waals surface area contributed by atoms with Crippen molar-refractivity contribution >= 4 is 22.8 Å². The maximum Gasteiger partial charge on any atom is 0.264 e. The number of aryl methyl sites for hydroxylation is 1. The fourth-order valence-corrected chi connectivity index (χ4v) is 6.12. The van der Waals surface area contributed by atoms with Crippen LogP contribution in [0, 0.1) is 5.82 Å². The number of hydrogen-bond donors (Lipinski definition) is 1. The minimum atomic E-state index is -1.17. The van der Waals surface area contributed by atoms with Crippen molar-refractivity contribution in [1.82, 2.24) is 34.0 Å². The SMILES string of the molecule is CN1CCCn2ncc(-c3ccc(C(=O)N4CCC(O)(Cn5cnc6c(cnn6-c6ccc(F)cc6)c5=O)CC4)cc3)c21. The summed E-state index contributed by atoms with van der Waals surface area (Å²) in [5, 5.41) is 20.5. The summed E-state index contributed by atoms with van der Waals surface area (Å²) in [4.78, 5) is 34.9. The molecule has 0 atom stereocenters. The fraction of sp³-hybridized carbons (Fsp3) is 0.323. The van der Waals surface area contributed by atoms with Crippen LogP contribution in [-0.4, -0.2) is 77.3 Å². The zero-order valence-corrected chi connectivity index (χ0v) is 23.7. The topological polar surface area (TPSA) is 114 Å². The molecule has 2 aromatic carbocycles. The Balaban J connectivity index is 1.02. The summed E-state index contributed by atoms with van der Waals surface area (Å²) < 4.78 is 18.2. The van der Waals surface area contributed by atoms with E-state index in [9.17, 15) is 19.1 Å². The number of benzene rings is 2. The van der Waals surface area contributed by atoms with Gasteiger partial charge in [-0.25, -0.2) is 18.7 Å². The molecule has 1 amide bonds. The van der Waals surface area contributed by atoms with Crippen LogP contribution in [0.5, 0.6) is 0 Å². The summed E-state index contributed by atoms with van der Waals surface area (Å²) in [6.45, 7) is 2.67. The van der Waals surface area contributed by atoms with Gasteiger partial charge in [-0.3, -0.25) is 14.2 Å². The van der Waals surface area contributed by atoms with Crippen LogP contribution < -0.4 is 10.5 Å². The number of amides is 1. The molecule has 0 aliphatic carbocycles. The summed E-state index contributed by atoms with van der Waals surface area (Å²) in [6, 6.07) is 13.4. The number of rotatable bonds is 5. The molecule has 3 aromatic heterocycles. The molecule has 0 saturated carbocycles. The standard InChI is InChI=1S/C31H31FN8O3/c1-36-13-2-14-39-28(36)25(17-34-39)21-3-5-22(6-4-21)29(41)37-15-11-31(43,12-16-37)19-38-20-33-27-26(30(38)42)18-35-40(27)24-9-7-23(32)8-10-24/h3-10,17-18,20,43H,2,11-16,19H2,1H3. The highest BCUT2D eigenvalue weighted by Gasteiger charge is 2.35. The monoisotopic (exact) mass is 582 g/mol. The Morgan fingerprint density at radius 2 is 1.72 bits per heavy atom. The maximum atomic E-state index is 13.3. The predicted molar refractivity (Wildman–Crippen MR) is 159 cm³/mol. The largest absolute Gasteiger partial charge is 0.388 e. The van der Waals surface area contributed by atoms with Crippen LogP contribution in [0.1, 0.15) is 29.6 Å². The smallest absolute Gasteiger partial charge is 0.264 e. The summed E-state index contributed by atoms with van der Waals surface area (Å²) >= 11 is 0. The number of fused-ring (bicyclic) bond motifs is 2. The van der Waals surface area contributed by atoms with Crippen molar-refractivity contribution in [3.05, 3.63) is 89.0 Å². The van der Waals surface area contributed by atoms with Gasteiger partial charge in [-0.1, -0.05) is 12.1 Å². The van der Waals surface area contributed by atoms with Crippen LogP contribution in [0.2, 0.25) is 0 Å². The number of carbonyl (C=O) groups is 1. The van der Waals surface area contributed by atoms with Gasteiger partial charge in [-0.05, 0) is 61.2 Å². The average Bonchev–Trinajstić information content (AvgIpc) is 3.65. The molecule has 220 valence electrons. The minimum absolute atomic E-state index is 0.0533. The normalized spacial score (nSPS) is 16.4. The highest BCUT2D eigenvalue weighted by molar-refractivity contribution is 5.95. The van der Waals surface area contributed by atoms with Crippen LogP contribution in [-0.2, 0) is 13.1 Å². The third-order valence-corrected chi connectivity index (χ3v) is 8.55. The first-order chi connectivity index (χ1) is 20.8. The van der Waals surface area contributed by atoms with E-state index in [2.05, 4.69) is 27.1 Å². The lowest BCUT2D eigenvalue weighted by Crippen LogP contribution is -2.49. The van der Waals surface area contributed by atoms with Crippen molar-refractivity contribution < 1.29 is 14.3 Å². The Kier molecular flexibility index (Phi) is 6.57. The Morgan fingerprint density at radius 1 is 0.977 bits per heavy atom. The molecule has 2 aliphatic rings. The molecule has 12 heteroatoms. The average molecular weight is 583 g/mol. The first-order valence-electron chi connectivity index (χ1n) is 14.4. The van der Waals surface area contributed by atoms with E-state index in [0.29, 0.717) is 48.2 Å². The molecule has 1 fully saturated rings. The van der Waals surface area contributed by atoms with E-state index < -0.39 is 5.60 Å². The summed E-state index contributed by atoms with van der Waals surface area (Å²) in [7, 11) is 2.07. The molecule has 1 saturated heterocycles. The molecule has 2 aliphatic heterocycles. The molecular formula is C31H31FN8O3. The van der Waals surface area contributed by atoms with Crippen molar-refractivity contribution in [3.63, 3.8) is 0 Å². The number of hydrogen-bond acceptors (Lipinski definition) is 7. The number of piperidine rings is 1. The summed E-state index contributed by atoms with van der Waals surface area (Å²) in [5.74, 6) is 0.637. The molecule has 1 N–H and O–H groups in total. The lowest BCUT2D eigenvalue weighted by Gasteiger charge is -2.38. The second-order valence-corrected chi connectivity index (χ2v) is 11.4. The van der Waals surface area contributed by atoms with Crippen molar-refractivity contribution in [2.24, 2.45) is 0 Å². The zero-order chi connectivity index (χ0) is 29.7. The number of likely N-dealkylation sites (tertiary alicyclic amines) is 1. The number of aromatic nitrogens is 6. The van der Waals surface area contributed by atoms with Gasteiger partial charge >= 0.3 is 0 Å². The Bertz CT molecular complexity index is 1870. The molecule has 0 radical (unpaired) electrons. The number of anilines is 1. The van der Waals surface area contributed by atoms with E-state index in [1.165, 1.54) is 33.9 Å². The van der Waals surface area contributed by atoms with Crippen LogP contribution in [0.3, 0.4) is 0 Å². The van der Waals surface area contributed by atoms with E-state index in [4.69, 9.17) is 0 Å². The number of halogens is 1. The molecular weight excluding hydrogens is 551 g/mol. The van der Waals surface area contributed by atoms with E-state index in [1.54, 1.807) is 17.0 Å². The number of aliphatic hydroxyl groups is 1. The molecule has 5 heterocycles. The minimum Gasteiger partial charge on any atom is -0.388 e. The fourth-order valence-electron chi connectivity index (χ4n) is 6.12. The molecule has 43 heavy (non-hydrogen) atoms. The zero-order valence-electron chi connectivity index (χ0n) is 23.7. The molecule has 0 unspecified atom stereocenters. The molecule has 7 rings (SSSR count). The third kappa shape index (κ3) is 4.87. The second kappa shape index (κ2) is 10.5. The van der Waals surface area contributed by atoms with Gasteiger partial charge in [0.1, 0.15) is 23.3 Å². The summed E-state index contributed by atoms with van der Waals surface area (Å²) in [5.41, 5.74) is 2.10. The molecule has 0 bridgehead atoms. The van der Waals surface area contributed by atoms with Crippen molar-refractivity contribution in [2.45, 2.75) is 38.0 Å². The highest BCUT2D eigenvalue weighted by atomic mass is 19.1. The number of carbonyl (C=O) groups excluding carboxylic acids is 1. The van der Waals surface area contributed by atoms with E-state index in [1.807, 2.05) is 35.1 Å². The van der Waals surface area contributed by atoms with E-state index in [-0.39, 0.29) is 23.8 Å². The van der Waals surface area contributed by atoms with E-state index in [0.717, 1.165) is 36.5 Å². The Morgan fingerprint density at radius 3 is 2.47 bits per heavy atom. The highest BCUT2D eigenvalue weighted by Crippen LogP contribution is 2.33. The van der Waals surface area contributed by atoms with Gasteiger partial charge in [0.2, 0.25) is 0 Å². The molecule has 11 nitrogen and oxygen atoms in total. The van der Waals surface area contributed by atoms with Crippen molar-refractivity contribution in [1.29, 1.82) is 0 Å². The van der Waals surface area contributed by atoms with Crippen LogP contribution in [0.25, 0.3) is 27.8 Å². The quantitative estimate of drug-likeness (QED) is 0.339. The number of nitrogens with zero attached hydrogens (tertiary/aromatic N) is 8. The van der Waals surface area contributed by atoms with E-state index >= 15 is 0 Å². The van der Waals surface area contributed by atoms with Gasteiger partial charge in [0, 0.05) is 44.4 Å². The van der Waals surface area contributed by atoms with Gasteiger partial charge in [-0.15, -0.1) is 0 Å². The van der Waals surface area contributed by atoms with Gasteiger partial charge in [-0.2, -0.15) is 10.2 Å². The van der Waals surface area contributed by atoms with Crippen molar-refractivity contribution in [3.8, 4) is 16.8 Å². The lowest BCUT2D eigenvalue weighted by atomic mass is 9.90. The van der Waals surface area contributed by atoms with Gasteiger partial charge in [0.05, 0.1) is 30.2 Å².